The molecule has 1 aliphatic heterocycles. The van der Waals surface area contributed by atoms with Gasteiger partial charge >= 0.3 is 19.2 Å². The van der Waals surface area contributed by atoms with E-state index in [0.29, 0.717) is 35.9 Å². The summed E-state index contributed by atoms with van der Waals surface area (Å²) in [4.78, 5) is 20.1. The van der Waals surface area contributed by atoms with Crippen LogP contribution in [0.15, 0.2) is 69.7 Å². The van der Waals surface area contributed by atoms with Gasteiger partial charge < -0.3 is 19.7 Å². The zero-order valence-corrected chi connectivity index (χ0v) is 29.7. The van der Waals surface area contributed by atoms with Crippen molar-refractivity contribution in [3.63, 3.8) is 0 Å². The van der Waals surface area contributed by atoms with Gasteiger partial charge in [0.2, 0.25) is 16.4 Å². The predicted molar refractivity (Wildman–Crippen MR) is 176 cm³/mol. The molecule has 1 N–H and O–H groups in total. The summed E-state index contributed by atoms with van der Waals surface area (Å²) in [5, 5.41) is 2.91. The Bertz CT molecular complexity index is 1680. The summed E-state index contributed by atoms with van der Waals surface area (Å²) in [6.45, 7) is 6.59. The van der Waals surface area contributed by atoms with Crippen molar-refractivity contribution in [2.24, 2.45) is 4.99 Å². The molecular formula is C31H36F9N5O5S2. The lowest BCUT2D eigenvalue weighted by Crippen LogP contribution is -2.48. The molecule has 0 bridgehead atoms. The molecule has 21 heteroatoms. The van der Waals surface area contributed by atoms with Crippen LogP contribution in [-0.4, -0.2) is 82.2 Å². The molecule has 1 fully saturated rings. The number of hydrogen-bond acceptors (Lipinski definition) is 9. The number of ether oxygens (including phenoxy) is 2. The van der Waals surface area contributed by atoms with Crippen LogP contribution in [-0.2, 0) is 26.0 Å². The first kappa shape index (κ1) is 44.1. The molecule has 1 saturated heterocycles. The van der Waals surface area contributed by atoms with Crippen LogP contribution in [0.4, 0.5) is 44.6 Å². The zero-order chi connectivity index (χ0) is 39.3. The van der Waals surface area contributed by atoms with E-state index in [0.717, 1.165) is 41.4 Å². The topological polar surface area (TPSA) is 113 Å². The van der Waals surface area contributed by atoms with Crippen molar-refractivity contribution in [1.82, 2.24) is 14.6 Å². The quantitative estimate of drug-likeness (QED) is 0.135. The summed E-state index contributed by atoms with van der Waals surface area (Å²) in [6.07, 6.45) is -6.35. The van der Waals surface area contributed by atoms with Crippen LogP contribution < -0.4 is 15.0 Å². The number of nitrogens with zero attached hydrogens (tertiary/aromatic N) is 4. The first-order chi connectivity index (χ1) is 24.3. The Morgan fingerprint density at radius 3 is 2.21 bits per heavy atom. The highest BCUT2D eigenvalue weighted by Gasteiger charge is 2.33. The van der Waals surface area contributed by atoms with E-state index >= 15 is 0 Å². The molecular weight excluding hydrogens is 757 g/mol. The maximum atomic E-state index is 13.2. The summed E-state index contributed by atoms with van der Waals surface area (Å²) in [6, 6.07) is 3.97. The largest absolute Gasteiger partial charge is 0.573 e. The van der Waals surface area contributed by atoms with Crippen molar-refractivity contribution in [3.8, 4) is 5.75 Å². The van der Waals surface area contributed by atoms with Gasteiger partial charge in [0.25, 0.3) is 0 Å². The molecule has 2 aromatic rings. The number of benzene rings is 1. The average Bonchev–Trinajstić information content (AvgIpc) is 3.44. The van der Waals surface area contributed by atoms with Gasteiger partial charge in [-0.3, -0.25) is 9.79 Å². The predicted octanol–water partition coefficient (Wildman–Crippen LogP) is 7.45. The Morgan fingerprint density at radius 1 is 1.08 bits per heavy atom. The third kappa shape index (κ3) is 13.8. The van der Waals surface area contributed by atoms with Crippen LogP contribution in [0.2, 0.25) is 0 Å². The third-order valence-electron chi connectivity index (χ3n) is 6.87. The molecule has 0 unspecified atom stereocenters. The van der Waals surface area contributed by atoms with Crippen LogP contribution in [0.1, 0.15) is 37.3 Å². The summed E-state index contributed by atoms with van der Waals surface area (Å²) >= 11 is 1.28. The summed E-state index contributed by atoms with van der Waals surface area (Å²) < 4.78 is 146. The van der Waals surface area contributed by atoms with Gasteiger partial charge in [0.1, 0.15) is 23.0 Å². The van der Waals surface area contributed by atoms with Crippen LogP contribution in [0.25, 0.3) is 0 Å². The minimum atomic E-state index is -4.88. The van der Waals surface area contributed by atoms with Gasteiger partial charge in [0.05, 0.1) is 10.6 Å². The maximum Gasteiger partial charge on any atom is 0.573 e. The van der Waals surface area contributed by atoms with E-state index in [1.54, 1.807) is 6.92 Å². The Hall–Kier alpha value is -4.11. The van der Waals surface area contributed by atoms with Gasteiger partial charge in [-0.15, -0.1) is 24.5 Å². The first-order valence-corrected chi connectivity index (χ1v) is 17.6. The molecule has 2 aliphatic rings. The minimum Gasteiger partial charge on any atom is -0.439 e. The lowest BCUT2D eigenvalue weighted by Gasteiger charge is -2.33. The normalized spacial score (nSPS) is 15.7. The Balaban J connectivity index is 0.000000460. The van der Waals surface area contributed by atoms with Crippen molar-refractivity contribution in [3.05, 3.63) is 70.3 Å². The van der Waals surface area contributed by atoms with Crippen LogP contribution in [0.5, 0.6) is 5.75 Å². The molecule has 10 nitrogen and oxygen atoms in total. The second-order valence-corrected chi connectivity index (χ2v) is 13.3. The smallest absolute Gasteiger partial charge is 0.439 e. The molecule has 0 spiro atoms. The molecule has 1 amide bonds. The molecule has 1 aliphatic carbocycles. The molecule has 2 heterocycles. The van der Waals surface area contributed by atoms with E-state index in [2.05, 4.69) is 31.3 Å². The van der Waals surface area contributed by atoms with Crippen molar-refractivity contribution in [1.29, 1.82) is 0 Å². The number of halogens is 9. The number of hydrogen-bond donors (Lipinski definition) is 1. The number of anilines is 1. The van der Waals surface area contributed by atoms with Gasteiger partial charge in [-0.25, -0.2) is 17.8 Å². The minimum absolute atomic E-state index is 0.0719. The highest BCUT2D eigenvalue weighted by Crippen LogP contribution is 2.30. The van der Waals surface area contributed by atoms with Crippen LogP contribution >= 0.6 is 11.3 Å². The molecule has 52 heavy (non-hydrogen) atoms. The number of carbonyl (C=O) groups is 1. The fraction of sp³-hybridized carbons (Fsp3) is 0.452. The van der Waals surface area contributed by atoms with E-state index < -0.39 is 46.4 Å². The number of amides is 1. The maximum absolute atomic E-state index is 13.2. The summed E-state index contributed by atoms with van der Waals surface area (Å²) in [5.41, 5.74) is -0.186. The standard InChI is InChI=1S/C20H20F6N4O3S2.C9H10F3NO2.C2H6/c1-13-17(7-8-27-14(2)19(21,22)23)34-18(28-13)29-9-11-30(12-10-29)35(31,32)16-5-3-15(4-6-16)33-20(24,25)26;10-8-3-7(15-9(11)12)2-1-6(8)4-13-5-14;1-2/h3-6,8H,2,7,9-12H2,1H3;3,5,9H,1-2,4H2,(H,13,14);1-2H3. The number of carbonyl (C=O) groups excluding carboxylic acids is 1. The fourth-order valence-corrected chi connectivity index (χ4v) is 6.87. The highest BCUT2D eigenvalue weighted by molar-refractivity contribution is 7.89. The zero-order valence-electron chi connectivity index (χ0n) is 28.0. The first-order valence-electron chi connectivity index (χ1n) is 15.4. The van der Waals surface area contributed by atoms with Gasteiger partial charge in [-0.05, 0) is 43.2 Å². The van der Waals surface area contributed by atoms with E-state index in [1.807, 2.05) is 18.7 Å². The summed E-state index contributed by atoms with van der Waals surface area (Å²) in [5.74, 6) is -1.22. The molecule has 0 radical (unpaired) electrons. The van der Waals surface area contributed by atoms with Crippen molar-refractivity contribution in [2.45, 2.75) is 64.1 Å². The lowest BCUT2D eigenvalue weighted by atomic mass is 10.0. The summed E-state index contributed by atoms with van der Waals surface area (Å²) in [7, 11) is -3.93. The van der Waals surface area contributed by atoms with Crippen molar-refractivity contribution in [2.75, 3.05) is 37.6 Å². The number of aliphatic imine (C=N–C) groups is 1. The second kappa shape index (κ2) is 19.6. The Morgan fingerprint density at radius 2 is 1.69 bits per heavy atom. The number of allylic oxidation sites excluding steroid dienone is 4. The van der Waals surface area contributed by atoms with E-state index in [-0.39, 0.29) is 49.6 Å². The molecule has 1 aromatic heterocycles. The van der Waals surface area contributed by atoms with E-state index in [1.165, 1.54) is 15.6 Å². The third-order valence-corrected chi connectivity index (χ3v) is 10.0. The number of aryl methyl sites for hydroxylation is 1. The number of nitrogens with one attached hydrogen (secondary N) is 1. The monoisotopic (exact) mass is 793 g/mol. The van der Waals surface area contributed by atoms with E-state index in [4.69, 9.17) is 0 Å². The number of thiazole rings is 1. The van der Waals surface area contributed by atoms with Crippen molar-refractivity contribution < 1.29 is 62.2 Å². The average molecular weight is 794 g/mol. The number of alkyl halides is 8. The van der Waals surface area contributed by atoms with Gasteiger partial charge in [-0.1, -0.05) is 20.4 Å². The molecule has 290 valence electrons. The molecule has 1 aromatic carbocycles. The number of piperazine rings is 1. The van der Waals surface area contributed by atoms with Gasteiger partial charge in [0.15, 0.2) is 5.13 Å². The fourth-order valence-electron chi connectivity index (χ4n) is 4.39. The molecule has 0 saturated carbocycles. The van der Waals surface area contributed by atoms with Crippen LogP contribution in [0, 0.1) is 6.92 Å². The highest BCUT2D eigenvalue weighted by atomic mass is 32.2. The van der Waals surface area contributed by atoms with Gasteiger partial charge in [-0.2, -0.15) is 26.3 Å². The number of sulfonamides is 1. The second-order valence-electron chi connectivity index (χ2n) is 10.3. The van der Waals surface area contributed by atoms with Crippen molar-refractivity contribution >= 4 is 39.1 Å². The number of aromatic nitrogens is 1. The molecule has 4 rings (SSSR count). The Labute approximate surface area is 298 Å². The molecule has 0 atom stereocenters. The SMILES string of the molecule is C=C(N=CCc1sc(N2CCN(S(=O)(=O)c3ccc(OC(F)(F)F)cc3)CC2)nc1C)C(F)(F)F.CC.O=CNCC1=C(F)C=C(OC(F)F)CC1. The Kier molecular flexibility index (Phi) is 16.6. The van der Waals surface area contributed by atoms with E-state index in [9.17, 15) is 52.7 Å². The lowest BCUT2D eigenvalue weighted by molar-refractivity contribution is -0.274. The van der Waals surface area contributed by atoms with Crippen LogP contribution in [0.3, 0.4) is 0 Å². The van der Waals surface area contributed by atoms with Gasteiger partial charge in [0, 0.05) is 62.7 Å². The number of rotatable bonds is 12.